The van der Waals surface area contributed by atoms with Gasteiger partial charge in [-0.1, -0.05) is 43.0 Å². The molecule has 0 fully saturated rings. The van der Waals surface area contributed by atoms with Crippen molar-refractivity contribution in [1.29, 1.82) is 0 Å². The van der Waals surface area contributed by atoms with E-state index in [0.717, 1.165) is 26.7 Å². The second kappa shape index (κ2) is 15.0. The van der Waals surface area contributed by atoms with Crippen molar-refractivity contribution >= 4 is 72.4 Å². The molecular weight excluding hydrogens is 678 g/mol. The molecule has 0 saturated heterocycles. The summed E-state index contributed by atoms with van der Waals surface area (Å²) in [6, 6.07) is 23.2. The number of nitrogens with two attached hydrogens (primary N) is 2. The van der Waals surface area contributed by atoms with E-state index >= 15 is 0 Å². The van der Waals surface area contributed by atoms with Crippen molar-refractivity contribution in [3.05, 3.63) is 113 Å². The van der Waals surface area contributed by atoms with Gasteiger partial charge in [-0.2, -0.15) is 51.0 Å². The number of hydrogen-bond acceptors (Lipinski definition) is 8. The van der Waals surface area contributed by atoms with Gasteiger partial charge < -0.3 is 11.5 Å². The molecule has 39 heavy (non-hydrogen) atoms. The Balaban J connectivity index is 0.000000219. The summed E-state index contributed by atoms with van der Waals surface area (Å²) in [5.74, 6) is 0.835. The number of aromatic nitrogens is 8. The Morgan fingerprint density at radius 3 is 1.85 bits per heavy atom. The van der Waals surface area contributed by atoms with Crippen LogP contribution in [0.25, 0.3) is 27.9 Å². The summed E-state index contributed by atoms with van der Waals surface area (Å²) in [6.07, 6.45) is 2.78. The van der Waals surface area contributed by atoms with E-state index in [1.54, 1.807) is 12.1 Å². The Hall–Kier alpha value is -3.80. The minimum atomic E-state index is 0. The number of pyridine rings is 2. The quantitative estimate of drug-likeness (QED) is 0.143. The van der Waals surface area contributed by atoms with Crippen LogP contribution in [0, 0.1) is 6.08 Å². The van der Waals surface area contributed by atoms with Crippen LogP contribution in [0.2, 0.25) is 0 Å². The molecule has 4 heterocycles. The third-order valence-corrected chi connectivity index (χ3v) is 5.61. The van der Waals surface area contributed by atoms with E-state index in [1.807, 2.05) is 60.7 Å². The summed E-state index contributed by atoms with van der Waals surface area (Å²) in [7, 11) is 0. The summed E-state index contributed by atoms with van der Waals surface area (Å²) in [4.78, 5) is 8.04. The smallest absolute Gasteiger partial charge is 0.204 e. The van der Waals surface area contributed by atoms with Crippen LogP contribution in [0.1, 0.15) is 16.7 Å². The van der Waals surface area contributed by atoms with E-state index in [0.29, 0.717) is 34.0 Å². The molecule has 0 bridgehead atoms. The van der Waals surface area contributed by atoms with Crippen LogP contribution in [0.4, 0.5) is 11.6 Å². The second-order valence-electron chi connectivity index (χ2n) is 7.50. The molecule has 0 saturated carbocycles. The van der Waals surface area contributed by atoms with Gasteiger partial charge in [0.25, 0.3) is 0 Å². The molecule has 0 atom stereocenters. The molecule has 0 aliphatic rings. The van der Waals surface area contributed by atoms with Gasteiger partial charge in [0, 0.05) is 25.0 Å². The summed E-state index contributed by atoms with van der Waals surface area (Å²) < 4.78 is 0.800. The van der Waals surface area contributed by atoms with Gasteiger partial charge in [0.05, 0.1) is 4.47 Å². The van der Waals surface area contributed by atoms with Gasteiger partial charge in [0.1, 0.15) is 22.7 Å². The van der Waals surface area contributed by atoms with Gasteiger partial charge in [-0.15, -0.1) is 39.3 Å². The molecule has 0 spiro atoms. The summed E-state index contributed by atoms with van der Waals surface area (Å²) in [5, 5.41) is 20.7. The Morgan fingerprint density at radius 1 is 0.769 bits per heavy atom. The maximum absolute atomic E-state index is 5.77. The Morgan fingerprint density at radius 2 is 1.28 bits per heavy atom. The van der Waals surface area contributed by atoms with Crippen LogP contribution in [-0.4, -0.2) is 40.8 Å². The van der Waals surface area contributed by atoms with Crippen molar-refractivity contribution in [3.63, 3.8) is 0 Å². The third-order valence-electron chi connectivity index (χ3n) is 5.00. The van der Waals surface area contributed by atoms with Crippen molar-refractivity contribution in [1.82, 2.24) is 40.8 Å². The minimum absolute atomic E-state index is 0. The van der Waals surface area contributed by atoms with Crippen LogP contribution >= 0.6 is 32.9 Å². The Kier molecular flexibility index (Phi) is 12.1. The number of nitrogens with one attached hydrogen (secondary N) is 2. The first-order valence-electron chi connectivity index (χ1n) is 10.9. The summed E-state index contributed by atoms with van der Waals surface area (Å²) >= 11 is 3.28. The second-order valence-corrected chi connectivity index (χ2v) is 8.36. The zero-order chi connectivity index (χ0) is 26.2. The molecule has 13 heteroatoms. The first-order chi connectivity index (χ1) is 18.0. The van der Waals surface area contributed by atoms with Gasteiger partial charge in [0.2, 0.25) is 11.3 Å². The minimum Gasteiger partial charge on any atom is -0.384 e. The molecular formula is C26H23Br2N10Zn-. The number of H-pyrrole nitrogens is 2. The van der Waals surface area contributed by atoms with E-state index in [9.17, 15) is 0 Å². The first kappa shape index (κ1) is 31.4. The predicted octanol–water partition coefficient (Wildman–Crippen LogP) is 5.29. The fourth-order valence-corrected chi connectivity index (χ4v) is 3.75. The average Bonchev–Trinajstić information content (AvgIpc) is 3.59. The normalized spacial score (nSPS) is 9.67. The third kappa shape index (κ3) is 8.09. The monoisotopic (exact) mass is 697 g/mol. The fourth-order valence-electron chi connectivity index (χ4n) is 3.25. The molecule has 2 aromatic carbocycles. The van der Waals surface area contributed by atoms with E-state index < -0.39 is 0 Å². The van der Waals surface area contributed by atoms with Gasteiger partial charge in [-0.3, -0.25) is 0 Å². The fraction of sp³-hybridized carbons (Fsp3) is 0. The molecule has 4 aromatic heterocycles. The zero-order valence-corrected chi connectivity index (χ0v) is 26.9. The number of hydrogen-bond donors (Lipinski definition) is 4. The number of benzene rings is 2. The van der Waals surface area contributed by atoms with E-state index in [1.165, 1.54) is 0 Å². The van der Waals surface area contributed by atoms with Crippen molar-refractivity contribution in [2.24, 2.45) is 0 Å². The van der Waals surface area contributed by atoms with Gasteiger partial charge in [-0.05, 0) is 39.2 Å². The van der Waals surface area contributed by atoms with Crippen molar-refractivity contribution in [2.45, 2.75) is 0 Å². The Bertz CT molecular complexity index is 1650. The zero-order valence-electron chi connectivity index (χ0n) is 20.7. The van der Waals surface area contributed by atoms with Gasteiger partial charge >= 0.3 is 0 Å². The van der Waals surface area contributed by atoms with Crippen LogP contribution in [0.15, 0.2) is 90.4 Å². The SMILES string of the molecule is Br.C=C(c1ccccc1)c1cc(N)nc2n[nH]nc12.C=[C-]c1ccccc1.Nc1cc(Br)c2n[nH]nc2n1.[Zn]. The molecule has 0 radical (unpaired) electrons. The maximum Gasteiger partial charge on any atom is 0.204 e. The van der Waals surface area contributed by atoms with Crippen molar-refractivity contribution < 1.29 is 19.5 Å². The molecule has 0 amide bonds. The molecule has 6 aromatic rings. The predicted molar refractivity (Wildman–Crippen MR) is 159 cm³/mol. The molecule has 0 aliphatic carbocycles. The number of nitrogen functional groups attached to an aromatic ring is 2. The van der Waals surface area contributed by atoms with E-state index in [2.05, 4.69) is 76.0 Å². The maximum atomic E-state index is 5.77. The van der Waals surface area contributed by atoms with Crippen LogP contribution in [-0.2, 0) is 19.5 Å². The number of nitrogens with zero attached hydrogens (tertiary/aromatic N) is 6. The Labute approximate surface area is 256 Å². The topological polar surface area (TPSA) is 161 Å². The molecule has 10 nitrogen and oxygen atoms in total. The van der Waals surface area contributed by atoms with Crippen LogP contribution in [0.5, 0.6) is 0 Å². The number of rotatable bonds is 3. The largest absolute Gasteiger partial charge is 0.384 e. The van der Waals surface area contributed by atoms with Gasteiger partial charge in [-0.25, -0.2) is 9.97 Å². The summed E-state index contributed by atoms with van der Waals surface area (Å²) in [6.45, 7) is 7.61. The number of halogens is 2. The van der Waals surface area contributed by atoms with Crippen molar-refractivity contribution in [3.8, 4) is 0 Å². The molecule has 194 valence electrons. The molecule has 0 unspecified atom stereocenters. The standard InChI is InChI=1S/C13H11N5.C8H7.C5H4BrN5.BrH.Zn/c1-8(9-5-3-2-4-6-9)10-7-11(14)15-13-12(10)16-18-17-13;1-2-8-6-4-3-5-7-8;6-2-1-3(7)8-5-4(2)9-11-10-5;;/h2-7H,1H2,(H3,14,15,16,17,18);3-7H,1H2;1H,(H3,7,8,9,10,11);1H;/q;-1;;;. The molecule has 0 aliphatic heterocycles. The number of anilines is 2. The number of aromatic amines is 2. The first-order valence-corrected chi connectivity index (χ1v) is 11.7. The van der Waals surface area contributed by atoms with E-state index in [-0.39, 0.29) is 36.5 Å². The van der Waals surface area contributed by atoms with Crippen molar-refractivity contribution in [2.75, 3.05) is 11.5 Å². The number of fused-ring (bicyclic) bond motifs is 2. The van der Waals surface area contributed by atoms with Crippen LogP contribution in [0.3, 0.4) is 0 Å². The summed E-state index contributed by atoms with van der Waals surface area (Å²) in [5.41, 5.74) is 17.4. The van der Waals surface area contributed by atoms with Crippen LogP contribution < -0.4 is 11.5 Å². The molecule has 6 N–H and O–H groups in total. The van der Waals surface area contributed by atoms with E-state index in [4.69, 9.17) is 11.5 Å². The average molecular weight is 701 g/mol. The molecule has 6 rings (SSSR count). The van der Waals surface area contributed by atoms with Gasteiger partial charge in [0.15, 0.2) is 0 Å².